The molecule has 2 aliphatic heterocycles. The Balaban J connectivity index is 0.000000225. The summed E-state index contributed by atoms with van der Waals surface area (Å²) in [5, 5.41) is 0. The zero-order valence-corrected chi connectivity index (χ0v) is 31.0. The molecule has 3 aliphatic rings. The molecule has 2 heterocycles. The van der Waals surface area contributed by atoms with E-state index in [1.54, 1.807) is 17.1 Å². The molecule has 0 bridgehead atoms. The highest BCUT2D eigenvalue weighted by Gasteiger charge is 2.60. The number of amides is 2. The number of hydrogen-bond donors (Lipinski definition) is 0. The third kappa shape index (κ3) is 7.79. The van der Waals surface area contributed by atoms with Gasteiger partial charge in [-0.15, -0.1) is 13.2 Å². The number of esters is 2. The second-order valence-corrected chi connectivity index (χ2v) is 15.7. The molecule has 0 aromatic heterocycles. The van der Waals surface area contributed by atoms with Crippen LogP contribution in [0, 0.1) is 22.7 Å². The van der Waals surface area contributed by atoms with Gasteiger partial charge >= 0.3 is 11.9 Å². The van der Waals surface area contributed by atoms with Gasteiger partial charge in [-0.05, 0) is 79.4 Å². The van der Waals surface area contributed by atoms with Crippen molar-refractivity contribution in [2.45, 2.75) is 91.5 Å². The maximum atomic E-state index is 13.2. The van der Waals surface area contributed by atoms with Crippen molar-refractivity contribution in [1.82, 2.24) is 9.80 Å². The average Bonchev–Trinajstić information content (AvgIpc) is 3.71. The predicted octanol–water partition coefficient (Wildman–Crippen LogP) is 7.79. The highest BCUT2D eigenvalue weighted by Crippen LogP contribution is 2.49. The van der Waals surface area contributed by atoms with Gasteiger partial charge < -0.3 is 19.3 Å². The molecule has 0 unspecified atom stereocenters. The standard InChI is InChI=1S/C22H29NO3.C20H25NO3/c1-7-12-18-19(24)23(16(3)17-13-10-9-11-14-17)15-22(18,8-2)20(25)26-21(4,5)6;1-14(15-9-6-5-7-10-15)21-13-20(18(23)24-19(2,3)4)12-8-11-16(20)17(21)22/h7-11,13-14,16,18H,1-2,12,15H2,3-6H3;5-10,12,14,16H,11,13H2,1-4H3/t16-,18-,22-;14-,16-,20-/m11/s1. The van der Waals surface area contributed by atoms with Crippen molar-refractivity contribution in [3.8, 4) is 0 Å². The summed E-state index contributed by atoms with van der Waals surface area (Å²) in [4.78, 5) is 55.6. The van der Waals surface area contributed by atoms with Crippen molar-refractivity contribution in [2.24, 2.45) is 22.7 Å². The van der Waals surface area contributed by atoms with E-state index >= 15 is 0 Å². The lowest BCUT2D eigenvalue weighted by molar-refractivity contribution is -0.167. The monoisotopic (exact) mass is 682 g/mol. The van der Waals surface area contributed by atoms with Gasteiger partial charge in [0, 0.05) is 13.1 Å². The van der Waals surface area contributed by atoms with E-state index in [-0.39, 0.29) is 42.3 Å². The summed E-state index contributed by atoms with van der Waals surface area (Å²) in [5.41, 5.74) is -0.993. The van der Waals surface area contributed by atoms with E-state index in [9.17, 15) is 19.2 Å². The van der Waals surface area contributed by atoms with Crippen LogP contribution in [0.2, 0.25) is 0 Å². The van der Waals surface area contributed by atoms with Crippen LogP contribution in [0.1, 0.15) is 91.4 Å². The maximum absolute atomic E-state index is 13.2. The normalized spacial score (nSPS) is 25.7. The Morgan fingerprint density at radius 1 is 0.800 bits per heavy atom. The van der Waals surface area contributed by atoms with Crippen LogP contribution in [0.3, 0.4) is 0 Å². The molecule has 50 heavy (non-hydrogen) atoms. The number of hydrogen-bond acceptors (Lipinski definition) is 6. The minimum Gasteiger partial charge on any atom is -0.459 e. The number of benzene rings is 2. The van der Waals surface area contributed by atoms with Crippen LogP contribution in [0.15, 0.2) is 98.1 Å². The van der Waals surface area contributed by atoms with Gasteiger partial charge in [-0.3, -0.25) is 19.2 Å². The number of ether oxygens (including phenoxy) is 2. The van der Waals surface area contributed by atoms with Crippen molar-refractivity contribution in [3.63, 3.8) is 0 Å². The third-order valence-corrected chi connectivity index (χ3v) is 9.88. The van der Waals surface area contributed by atoms with Crippen LogP contribution in [0.4, 0.5) is 0 Å². The van der Waals surface area contributed by atoms with E-state index in [4.69, 9.17) is 9.47 Å². The number of carbonyl (C=O) groups is 4. The Bertz CT molecular complexity index is 1600. The Morgan fingerprint density at radius 3 is 1.74 bits per heavy atom. The van der Waals surface area contributed by atoms with Crippen LogP contribution in [-0.2, 0) is 28.7 Å². The first kappa shape index (κ1) is 38.3. The van der Waals surface area contributed by atoms with E-state index in [0.29, 0.717) is 19.4 Å². The molecule has 268 valence electrons. The lowest BCUT2D eigenvalue weighted by Crippen LogP contribution is -2.42. The topological polar surface area (TPSA) is 93.2 Å². The lowest BCUT2D eigenvalue weighted by atomic mass is 9.76. The quantitative estimate of drug-likeness (QED) is 0.198. The first-order valence-electron chi connectivity index (χ1n) is 17.5. The molecule has 8 heteroatoms. The van der Waals surface area contributed by atoms with Gasteiger partial charge in [0.05, 0.1) is 23.9 Å². The molecule has 2 amide bonds. The molecule has 8 nitrogen and oxygen atoms in total. The van der Waals surface area contributed by atoms with Crippen molar-refractivity contribution in [3.05, 3.63) is 109 Å². The minimum absolute atomic E-state index is 0.0437. The fourth-order valence-corrected chi connectivity index (χ4v) is 7.15. The molecule has 0 spiro atoms. The van der Waals surface area contributed by atoms with E-state index < -0.39 is 33.9 Å². The Kier molecular flexibility index (Phi) is 11.3. The second-order valence-electron chi connectivity index (χ2n) is 15.7. The smallest absolute Gasteiger partial charge is 0.319 e. The van der Waals surface area contributed by atoms with Crippen LogP contribution in [-0.4, -0.2) is 57.8 Å². The van der Waals surface area contributed by atoms with Gasteiger partial charge in [0.2, 0.25) is 11.8 Å². The van der Waals surface area contributed by atoms with Gasteiger partial charge in [0.25, 0.3) is 0 Å². The molecule has 2 aromatic rings. The van der Waals surface area contributed by atoms with Crippen molar-refractivity contribution in [2.75, 3.05) is 13.1 Å². The van der Waals surface area contributed by atoms with Gasteiger partial charge in [-0.1, -0.05) is 85.0 Å². The summed E-state index contributed by atoms with van der Waals surface area (Å²) in [6, 6.07) is 19.5. The first-order valence-corrected chi connectivity index (χ1v) is 17.5. The highest BCUT2D eigenvalue weighted by atomic mass is 16.6. The van der Waals surface area contributed by atoms with Crippen molar-refractivity contribution < 1.29 is 28.7 Å². The van der Waals surface area contributed by atoms with Crippen LogP contribution < -0.4 is 0 Å². The van der Waals surface area contributed by atoms with Crippen molar-refractivity contribution in [1.29, 1.82) is 0 Å². The summed E-state index contributed by atoms with van der Waals surface area (Å²) in [5.74, 6) is -1.58. The summed E-state index contributed by atoms with van der Waals surface area (Å²) < 4.78 is 11.3. The van der Waals surface area contributed by atoms with Gasteiger partial charge in [0.1, 0.15) is 22.0 Å². The second kappa shape index (κ2) is 14.8. The van der Waals surface area contributed by atoms with Gasteiger partial charge in [-0.25, -0.2) is 0 Å². The van der Waals surface area contributed by atoms with Crippen LogP contribution >= 0.6 is 0 Å². The molecule has 2 aromatic carbocycles. The largest absolute Gasteiger partial charge is 0.459 e. The molecule has 0 saturated carbocycles. The van der Waals surface area contributed by atoms with E-state index in [1.165, 1.54) is 0 Å². The Morgan fingerprint density at radius 2 is 1.28 bits per heavy atom. The third-order valence-electron chi connectivity index (χ3n) is 9.88. The molecule has 2 fully saturated rings. The lowest BCUT2D eigenvalue weighted by Gasteiger charge is -2.32. The molecule has 5 rings (SSSR count). The zero-order valence-electron chi connectivity index (χ0n) is 31.0. The molecule has 0 radical (unpaired) electrons. The predicted molar refractivity (Wildman–Crippen MR) is 195 cm³/mol. The number of allylic oxidation sites excluding steroid dienone is 2. The van der Waals surface area contributed by atoms with Crippen molar-refractivity contribution >= 4 is 23.8 Å². The zero-order chi connectivity index (χ0) is 37.1. The van der Waals surface area contributed by atoms with E-state index in [2.05, 4.69) is 13.2 Å². The molecule has 0 N–H and O–H groups in total. The molecule has 1 aliphatic carbocycles. The van der Waals surface area contributed by atoms with Crippen LogP contribution in [0.25, 0.3) is 0 Å². The SMILES string of the molecule is C=CC[C@@H]1C(=O)N([C@H](C)c2ccccc2)C[C@@]1(C=C)C(=O)OC(C)(C)C.C[C@H](c1ccccc1)N1C[C@]2(C(=O)OC(C)(C)C)C=CC[C@@H]2C1=O. The Hall–Kier alpha value is -4.46. The molecule has 2 saturated heterocycles. The number of carbonyl (C=O) groups excluding carboxylic acids is 4. The average molecular weight is 683 g/mol. The summed E-state index contributed by atoms with van der Waals surface area (Å²) >= 11 is 0. The summed E-state index contributed by atoms with van der Waals surface area (Å²) in [6.07, 6.45) is 8.11. The van der Waals surface area contributed by atoms with E-state index in [0.717, 1.165) is 11.1 Å². The summed E-state index contributed by atoms with van der Waals surface area (Å²) in [6.45, 7) is 23.3. The van der Waals surface area contributed by atoms with Crippen LogP contribution in [0.5, 0.6) is 0 Å². The number of fused-ring (bicyclic) bond motifs is 1. The molecule has 6 atom stereocenters. The summed E-state index contributed by atoms with van der Waals surface area (Å²) in [7, 11) is 0. The number of likely N-dealkylation sites (tertiary alicyclic amines) is 2. The number of rotatable bonds is 9. The highest BCUT2D eigenvalue weighted by molar-refractivity contribution is 5.95. The minimum atomic E-state index is -1.07. The van der Waals surface area contributed by atoms with Gasteiger partial charge in [-0.2, -0.15) is 0 Å². The Labute approximate surface area is 298 Å². The fraction of sp³-hybridized carbons (Fsp3) is 0.476. The first-order chi connectivity index (χ1) is 23.4. The fourth-order valence-electron chi connectivity index (χ4n) is 7.15. The maximum Gasteiger partial charge on any atom is 0.319 e. The molecular formula is C42H54N2O6. The number of nitrogens with zero attached hydrogens (tertiary/aromatic N) is 2. The van der Waals surface area contributed by atoms with Gasteiger partial charge in [0.15, 0.2) is 0 Å². The molecular weight excluding hydrogens is 628 g/mol. The van der Waals surface area contributed by atoms with E-state index in [1.807, 2.05) is 133 Å².